The molecule has 2 N–H and O–H groups in total. The number of thioether (sulfide) groups is 1. The second-order valence-electron chi connectivity index (χ2n) is 4.47. The zero-order chi connectivity index (χ0) is 14.3. The third-order valence-electron chi connectivity index (χ3n) is 2.63. The van der Waals surface area contributed by atoms with E-state index in [4.69, 9.17) is 9.84 Å². The minimum atomic E-state index is -0.956. The van der Waals surface area contributed by atoms with Gasteiger partial charge in [0.2, 0.25) is 0 Å². The highest BCUT2D eigenvalue weighted by Crippen LogP contribution is 2.20. The van der Waals surface area contributed by atoms with Gasteiger partial charge in [-0.15, -0.1) is 11.8 Å². The quantitative estimate of drug-likeness (QED) is 0.629. The number of ether oxygens (including phenoxy) is 1. The van der Waals surface area contributed by atoms with Gasteiger partial charge in [-0.25, -0.2) is 9.59 Å². The Labute approximate surface area is 117 Å². The van der Waals surface area contributed by atoms with Gasteiger partial charge in [0.1, 0.15) is 6.04 Å². The molecule has 0 spiro atoms. The number of carboxylic acids is 1. The molecule has 0 aliphatic carbocycles. The summed E-state index contributed by atoms with van der Waals surface area (Å²) in [5, 5.41) is 11.6. The zero-order valence-corrected chi connectivity index (χ0v) is 12.1. The number of aliphatic carboxylic acids is 1. The first-order chi connectivity index (χ1) is 9.02. The van der Waals surface area contributed by atoms with Crippen LogP contribution in [0.5, 0.6) is 0 Å². The van der Waals surface area contributed by atoms with Crippen LogP contribution in [0, 0.1) is 0 Å². The maximum absolute atomic E-state index is 11.8. The first kappa shape index (κ1) is 16.1. The van der Waals surface area contributed by atoms with Crippen molar-refractivity contribution in [3.63, 3.8) is 0 Å². The Bertz CT molecular complexity index is 314. The predicted molar refractivity (Wildman–Crippen MR) is 73.4 cm³/mol. The Balaban J connectivity index is 2.15. The van der Waals surface area contributed by atoms with Crippen LogP contribution in [0.25, 0.3) is 0 Å². The fraction of sp³-hybridized carbons (Fsp3) is 0.818. The van der Waals surface area contributed by atoms with Gasteiger partial charge in [-0.1, -0.05) is 0 Å². The van der Waals surface area contributed by atoms with E-state index in [-0.39, 0.29) is 6.03 Å². The summed E-state index contributed by atoms with van der Waals surface area (Å²) in [6.07, 6.45) is 0. The molecule has 1 aliphatic heterocycles. The number of rotatable bonds is 7. The Hall–Kier alpha value is -0.990. The lowest BCUT2D eigenvalue weighted by Gasteiger charge is -2.20. The van der Waals surface area contributed by atoms with Gasteiger partial charge in [0.15, 0.2) is 0 Å². The van der Waals surface area contributed by atoms with Crippen LogP contribution in [0.4, 0.5) is 4.79 Å². The summed E-state index contributed by atoms with van der Waals surface area (Å²) in [6.45, 7) is 2.26. The Morgan fingerprint density at radius 1 is 1.47 bits per heavy atom. The number of carbonyl (C=O) groups excluding carboxylic acids is 1. The van der Waals surface area contributed by atoms with E-state index in [1.54, 1.807) is 0 Å². The monoisotopic (exact) mass is 291 g/mol. The summed E-state index contributed by atoms with van der Waals surface area (Å²) in [5.41, 5.74) is 0. The van der Waals surface area contributed by atoms with Crippen molar-refractivity contribution >= 4 is 23.8 Å². The molecule has 1 aliphatic rings. The summed E-state index contributed by atoms with van der Waals surface area (Å²) in [5.74, 6) is -0.0887. The van der Waals surface area contributed by atoms with Crippen molar-refractivity contribution in [1.29, 1.82) is 0 Å². The molecule has 1 saturated heterocycles. The Morgan fingerprint density at radius 3 is 2.84 bits per heavy atom. The van der Waals surface area contributed by atoms with Crippen molar-refractivity contribution in [1.82, 2.24) is 15.1 Å². The smallest absolute Gasteiger partial charge is 0.327 e. The Kier molecular flexibility index (Phi) is 6.96. The highest BCUT2D eigenvalue weighted by atomic mass is 32.2. The van der Waals surface area contributed by atoms with Gasteiger partial charge >= 0.3 is 12.0 Å². The fourth-order valence-corrected chi connectivity index (χ4v) is 2.67. The Morgan fingerprint density at radius 2 is 2.21 bits per heavy atom. The average molecular weight is 291 g/mol. The molecule has 1 fully saturated rings. The van der Waals surface area contributed by atoms with Gasteiger partial charge in [0.05, 0.1) is 19.1 Å². The third kappa shape index (κ3) is 5.66. The van der Waals surface area contributed by atoms with Crippen molar-refractivity contribution in [2.24, 2.45) is 0 Å². The van der Waals surface area contributed by atoms with Crippen LogP contribution in [0.2, 0.25) is 0 Å². The molecule has 0 bridgehead atoms. The van der Waals surface area contributed by atoms with Crippen LogP contribution < -0.4 is 5.32 Å². The summed E-state index contributed by atoms with van der Waals surface area (Å²) in [7, 11) is 3.92. The first-order valence-electron chi connectivity index (χ1n) is 6.10. The number of nitrogens with one attached hydrogen (secondary N) is 1. The molecule has 0 radical (unpaired) electrons. The lowest BCUT2D eigenvalue weighted by atomic mass is 10.3. The summed E-state index contributed by atoms with van der Waals surface area (Å²) in [6, 6.07) is -1.06. The van der Waals surface area contributed by atoms with Crippen LogP contribution in [-0.2, 0) is 9.53 Å². The van der Waals surface area contributed by atoms with E-state index in [1.165, 1.54) is 16.7 Å². The van der Waals surface area contributed by atoms with Crippen molar-refractivity contribution in [2.75, 3.05) is 52.0 Å². The van der Waals surface area contributed by atoms with E-state index >= 15 is 0 Å². The molecule has 1 rings (SSSR count). The normalized spacial score (nSPS) is 18.9. The molecule has 110 valence electrons. The number of likely N-dealkylation sites (N-methyl/N-ethyl adjacent to an activating group) is 1. The van der Waals surface area contributed by atoms with Crippen LogP contribution in [0.1, 0.15) is 0 Å². The average Bonchev–Trinajstić information content (AvgIpc) is 2.82. The maximum Gasteiger partial charge on any atom is 0.327 e. The lowest BCUT2D eigenvalue weighted by Crippen LogP contribution is -2.47. The van der Waals surface area contributed by atoms with Crippen molar-refractivity contribution in [2.45, 2.75) is 6.04 Å². The molecule has 0 aromatic carbocycles. The highest BCUT2D eigenvalue weighted by molar-refractivity contribution is 7.99. The largest absolute Gasteiger partial charge is 0.480 e. The number of carboxylic acid groups (broad SMARTS) is 1. The SMILES string of the molecule is CN(C)CCOCCNC(=O)N1CSC[C@H]1C(=O)O. The lowest BCUT2D eigenvalue weighted by molar-refractivity contribution is -0.140. The standard InChI is InChI=1S/C11H21N3O4S/c1-13(2)4-6-18-5-3-12-11(17)14-8-19-7-9(14)10(15)16/h9H,3-8H2,1-2H3,(H,12,17)(H,15,16)/t9-/m0/s1. The molecule has 0 saturated carbocycles. The molecule has 0 aromatic heterocycles. The van der Waals surface area contributed by atoms with E-state index in [1.807, 2.05) is 19.0 Å². The van der Waals surface area contributed by atoms with E-state index in [0.29, 0.717) is 31.4 Å². The van der Waals surface area contributed by atoms with E-state index < -0.39 is 12.0 Å². The zero-order valence-electron chi connectivity index (χ0n) is 11.3. The molecule has 1 heterocycles. The van der Waals surface area contributed by atoms with E-state index in [9.17, 15) is 9.59 Å². The van der Waals surface area contributed by atoms with Gasteiger partial charge in [-0.3, -0.25) is 0 Å². The summed E-state index contributed by atoms with van der Waals surface area (Å²) >= 11 is 1.44. The fourth-order valence-electron chi connectivity index (χ4n) is 1.53. The summed E-state index contributed by atoms with van der Waals surface area (Å²) in [4.78, 5) is 26.1. The number of nitrogens with zero attached hydrogens (tertiary/aromatic N) is 2. The topological polar surface area (TPSA) is 82.1 Å². The highest BCUT2D eigenvalue weighted by Gasteiger charge is 2.34. The van der Waals surface area contributed by atoms with Crippen LogP contribution in [-0.4, -0.2) is 85.0 Å². The van der Waals surface area contributed by atoms with Gasteiger partial charge in [-0.2, -0.15) is 0 Å². The van der Waals surface area contributed by atoms with Gasteiger partial charge in [0.25, 0.3) is 0 Å². The predicted octanol–water partition coefficient (Wildman–Crippen LogP) is -0.266. The molecule has 19 heavy (non-hydrogen) atoms. The number of amides is 2. The second kappa shape index (κ2) is 8.23. The summed E-state index contributed by atoms with van der Waals surface area (Å²) < 4.78 is 5.34. The molecule has 8 heteroatoms. The first-order valence-corrected chi connectivity index (χ1v) is 7.25. The molecule has 0 unspecified atom stereocenters. The van der Waals surface area contributed by atoms with E-state index in [2.05, 4.69) is 5.32 Å². The molecule has 7 nitrogen and oxygen atoms in total. The minimum Gasteiger partial charge on any atom is -0.480 e. The van der Waals surface area contributed by atoms with Gasteiger partial charge in [0, 0.05) is 18.8 Å². The number of hydrogen-bond acceptors (Lipinski definition) is 5. The molecule has 1 atom stereocenters. The van der Waals surface area contributed by atoms with Crippen molar-refractivity contribution in [3.8, 4) is 0 Å². The van der Waals surface area contributed by atoms with Crippen LogP contribution in [0.3, 0.4) is 0 Å². The van der Waals surface area contributed by atoms with Gasteiger partial charge in [-0.05, 0) is 14.1 Å². The molecule has 2 amide bonds. The van der Waals surface area contributed by atoms with Crippen LogP contribution in [0.15, 0.2) is 0 Å². The van der Waals surface area contributed by atoms with Crippen molar-refractivity contribution in [3.05, 3.63) is 0 Å². The maximum atomic E-state index is 11.8. The van der Waals surface area contributed by atoms with Gasteiger partial charge < -0.3 is 25.0 Å². The van der Waals surface area contributed by atoms with Crippen LogP contribution >= 0.6 is 11.8 Å². The molecular formula is C11H21N3O4S. The van der Waals surface area contributed by atoms with Crippen molar-refractivity contribution < 1.29 is 19.4 Å². The molecule has 0 aromatic rings. The number of carbonyl (C=O) groups is 2. The minimum absolute atomic E-state index is 0.339. The third-order valence-corrected chi connectivity index (χ3v) is 3.65. The second-order valence-corrected chi connectivity index (χ2v) is 5.47. The number of hydrogen-bond donors (Lipinski definition) is 2. The van der Waals surface area contributed by atoms with E-state index in [0.717, 1.165) is 6.54 Å². The number of urea groups is 1. The molecular weight excluding hydrogens is 270 g/mol.